The summed E-state index contributed by atoms with van der Waals surface area (Å²) in [6, 6.07) is 7.60. The number of aromatic nitrogens is 1. The summed E-state index contributed by atoms with van der Waals surface area (Å²) in [7, 11) is 0. The molecular formula is C14H17N3OS. The van der Waals surface area contributed by atoms with E-state index in [9.17, 15) is 4.79 Å². The van der Waals surface area contributed by atoms with Gasteiger partial charge in [0.15, 0.2) is 0 Å². The molecule has 19 heavy (non-hydrogen) atoms. The van der Waals surface area contributed by atoms with Gasteiger partial charge in [-0.3, -0.25) is 9.78 Å². The first-order valence-electron chi connectivity index (χ1n) is 6.25. The predicted octanol–water partition coefficient (Wildman–Crippen LogP) is 3.07. The van der Waals surface area contributed by atoms with Crippen molar-refractivity contribution in [3.8, 4) is 0 Å². The lowest BCUT2D eigenvalue weighted by Crippen LogP contribution is -2.27. The fourth-order valence-electron chi connectivity index (χ4n) is 1.75. The summed E-state index contributed by atoms with van der Waals surface area (Å²) in [5.74, 6) is -0.152. The van der Waals surface area contributed by atoms with Crippen molar-refractivity contribution in [2.45, 2.75) is 19.9 Å². The van der Waals surface area contributed by atoms with Gasteiger partial charge in [-0.1, -0.05) is 6.07 Å². The number of hydrogen-bond acceptors (Lipinski definition) is 4. The zero-order valence-corrected chi connectivity index (χ0v) is 11.8. The Labute approximate surface area is 116 Å². The number of nitrogens with one attached hydrogen (secondary N) is 2. The third kappa shape index (κ3) is 3.54. The molecule has 2 aromatic heterocycles. The SMILES string of the molecule is CCNc1ccnc(C(=O)NC(C)c2cccs2)c1. The molecule has 1 amide bonds. The van der Waals surface area contributed by atoms with E-state index < -0.39 is 0 Å². The van der Waals surface area contributed by atoms with E-state index >= 15 is 0 Å². The van der Waals surface area contributed by atoms with E-state index in [4.69, 9.17) is 0 Å². The van der Waals surface area contributed by atoms with Crippen LogP contribution in [0.25, 0.3) is 0 Å². The topological polar surface area (TPSA) is 54.0 Å². The summed E-state index contributed by atoms with van der Waals surface area (Å²) in [6.07, 6.45) is 1.64. The highest BCUT2D eigenvalue weighted by atomic mass is 32.1. The Morgan fingerprint density at radius 2 is 2.32 bits per heavy atom. The van der Waals surface area contributed by atoms with Gasteiger partial charge in [0.25, 0.3) is 5.91 Å². The van der Waals surface area contributed by atoms with Crippen molar-refractivity contribution in [2.24, 2.45) is 0 Å². The summed E-state index contributed by atoms with van der Waals surface area (Å²) in [5, 5.41) is 8.12. The maximum Gasteiger partial charge on any atom is 0.270 e. The van der Waals surface area contributed by atoms with Crippen molar-refractivity contribution >= 4 is 22.9 Å². The van der Waals surface area contributed by atoms with Gasteiger partial charge in [0.2, 0.25) is 0 Å². The lowest BCUT2D eigenvalue weighted by Gasteiger charge is -2.12. The summed E-state index contributed by atoms with van der Waals surface area (Å²) in [5.41, 5.74) is 1.34. The molecule has 5 heteroatoms. The van der Waals surface area contributed by atoms with Crippen LogP contribution in [-0.4, -0.2) is 17.4 Å². The minimum atomic E-state index is -0.152. The number of thiophene rings is 1. The van der Waals surface area contributed by atoms with Crippen LogP contribution in [0, 0.1) is 0 Å². The molecule has 2 aromatic rings. The second kappa shape index (κ2) is 6.33. The molecule has 1 unspecified atom stereocenters. The number of anilines is 1. The Hall–Kier alpha value is -1.88. The average molecular weight is 275 g/mol. The number of pyridine rings is 1. The Balaban J connectivity index is 2.05. The fourth-order valence-corrected chi connectivity index (χ4v) is 2.48. The highest BCUT2D eigenvalue weighted by Crippen LogP contribution is 2.18. The van der Waals surface area contributed by atoms with E-state index in [1.807, 2.05) is 37.4 Å². The van der Waals surface area contributed by atoms with Gasteiger partial charge in [-0.2, -0.15) is 0 Å². The molecule has 0 aliphatic carbocycles. The Morgan fingerprint density at radius 3 is 3.00 bits per heavy atom. The monoisotopic (exact) mass is 275 g/mol. The molecule has 0 spiro atoms. The Morgan fingerprint density at radius 1 is 1.47 bits per heavy atom. The molecule has 0 radical (unpaired) electrons. The van der Waals surface area contributed by atoms with E-state index in [-0.39, 0.29) is 11.9 Å². The van der Waals surface area contributed by atoms with Gasteiger partial charge < -0.3 is 10.6 Å². The van der Waals surface area contributed by atoms with Crippen LogP contribution in [0.1, 0.15) is 35.3 Å². The van der Waals surface area contributed by atoms with Gasteiger partial charge >= 0.3 is 0 Å². The Kier molecular flexibility index (Phi) is 4.52. The average Bonchev–Trinajstić information content (AvgIpc) is 2.93. The third-order valence-electron chi connectivity index (χ3n) is 2.69. The lowest BCUT2D eigenvalue weighted by atomic mass is 10.2. The van der Waals surface area contributed by atoms with Gasteiger partial charge in [-0.05, 0) is 37.4 Å². The van der Waals surface area contributed by atoms with Crippen LogP contribution < -0.4 is 10.6 Å². The zero-order chi connectivity index (χ0) is 13.7. The van der Waals surface area contributed by atoms with Crippen molar-refractivity contribution in [1.82, 2.24) is 10.3 Å². The molecule has 0 fully saturated rings. The maximum absolute atomic E-state index is 12.1. The second-order valence-electron chi connectivity index (χ2n) is 4.17. The quantitative estimate of drug-likeness (QED) is 0.881. The number of carbonyl (C=O) groups excluding carboxylic acids is 1. The van der Waals surface area contributed by atoms with Crippen LogP contribution in [-0.2, 0) is 0 Å². The summed E-state index contributed by atoms with van der Waals surface area (Å²) < 4.78 is 0. The van der Waals surface area contributed by atoms with Crippen LogP contribution in [0.15, 0.2) is 35.8 Å². The smallest absolute Gasteiger partial charge is 0.270 e. The number of amides is 1. The van der Waals surface area contributed by atoms with Crippen LogP contribution in [0.2, 0.25) is 0 Å². The third-order valence-corrected chi connectivity index (χ3v) is 3.75. The van der Waals surface area contributed by atoms with Crippen LogP contribution in [0.5, 0.6) is 0 Å². The van der Waals surface area contributed by atoms with Crippen molar-refractivity contribution in [2.75, 3.05) is 11.9 Å². The first-order valence-corrected chi connectivity index (χ1v) is 7.13. The van der Waals surface area contributed by atoms with E-state index in [1.54, 1.807) is 23.6 Å². The van der Waals surface area contributed by atoms with E-state index in [2.05, 4.69) is 15.6 Å². The van der Waals surface area contributed by atoms with E-state index in [0.717, 1.165) is 17.1 Å². The summed E-state index contributed by atoms with van der Waals surface area (Å²) >= 11 is 1.63. The first kappa shape index (κ1) is 13.5. The highest BCUT2D eigenvalue weighted by molar-refractivity contribution is 7.10. The fraction of sp³-hybridized carbons (Fsp3) is 0.286. The molecule has 0 aromatic carbocycles. The normalized spacial score (nSPS) is 11.9. The molecule has 0 saturated heterocycles. The minimum Gasteiger partial charge on any atom is -0.385 e. The Bertz CT molecular complexity index is 539. The van der Waals surface area contributed by atoms with Crippen molar-refractivity contribution in [3.63, 3.8) is 0 Å². The van der Waals surface area contributed by atoms with Gasteiger partial charge in [0.1, 0.15) is 5.69 Å². The maximum atomic E-state index is 12.1. The standard InChI is InChI=1S/C14H17N3OS/c1-3-15-11-6-7-16-12(9-11)14(18)17-10(2)13-5-4-8-19-13/h4-10H,3H2,1-2H3,(H,15,16)(H,17,18). The highest BCUT2D eigenvalue weighted by Gasteiger charge is 2.13. The van der Waals surface area contributed by atoms with Crippen LogP contribution in [0.4, 0.5) is 5.69 Å². The second-order valence-corrected chi connectivity index (χ2v) is 5.15. The minimum absolute atomic E-state index is 0.00269. The molecule has 0 bridgehead atoms. The molecule has 100 valence electrons. The molecule has 4 nitrogen and oxygen atoms in total. The van der Waals surface area contributed by atoms with E-state index in [0.29, 0.717) is 5.69 Å². The van der Waals surface area contributed by atoms with Crippen molar-refractivity contribution < 1.29 is 4.79 Å². The van der Waals surface area contributed by atoms with Crippen molar-refractivity contribution in [3.05, 3.63) is 46.4 Å². The number of nitrogens with zero attached hydrogens (tertiary/aromatic N) is 1. The number of hydrogen-bond donors (Lipinski definition) is 2. The molecule has 2 N–H and O–H groups in total. The predicted molar refractivity (Wildman–Crippen MR) is 78.6 cm³/mol. The molecule has 0 saturated carbocycles. The molecule has 0 aliphatic rings. The summed E-state index contributed by atoms with van der Waals surface area (Å²) in [6.45, 7) is 4.80. The van der Waals surface area contributed by atoms with Gasteiger partial charge in [0, 0.05) is 23.3 Å². The number of carbonyl (C=O) groups is 1. The molecule has 0 aliphatic heterocycles. The molecule has 2 heterocycles. The zero-order valence-electron chi connectivity index (χ0n) is 11.0. The number of rotatable bonds is 5. The van der Waals surface area contributed by atoms with Gasteiger partial charge in [0.05, 0.1) is 6.04 Å². The van der Waals surface area contributed by atoms with Crippen LogP contribution >= 0.6 is 11.3 Å². The largest absolute Gasteiger partial charge is 0.385 e. The lowest BCUT2D eigenvalue weighted by molar-refractivity contribution is 0.0935. The van der Waals surface area contributed by atoms with Crippen LogP contribution in [0.3, 0.4) is 0 Å². The van der Waals surface area contributed by atoms with Crippen molar-refractivity contribution in [1.29, 1.82) is 0 Å². The molecule has 1 atom stereocenters. The van der Waals surface area contributed by atoms with Gasteiger partial charge in [-0.15, -0.1) is 11.3 Å². The van der Waals surface area contributed by atoms with E-state index in [1.165, 1.54) is 0 Å². The molecule has 2 rings (SSSR count). The molecular weight excluding hydrogens is 258 g/mol. The first-order chi connectivity index (χ1) is 9.20. The summed E-state index contributed by atoms with van der Waals surface area (Å²) in [4.78, 5) is 17.4. The van der Waals surface area contributed by atoms with Gasteiger partial charge in [-0.25, -0.2) is 0 Å².